The lowest BCUT2D eigenvalue weighted by molar-refractivity contribution is -0.576. The van der Waals surface area contributed by atoms with E-state index < -0.39 is 12.9 Å². The normalized spacial score (nSPS) is 17.0. The van der Waals surface area contributed by atoms with Gasteiger partial charge in [0.2, 0.25) is 12.9 Å². The Morgan fingerprint density at radius 1 is 0.808 bits per heavy atom. The molecule has 0 radical (unpaired) electrons. The van der Waals surface area contributed by atoms with Crippen LogP contribution in [0.15, 0.2) is 84.9 Å². The molecule has 1 atom stereocenters. The van der Waals surface area contributed by atoms with Crippen molar-refractivity contribution in [2.75, 3.05) is 11.9 Å². The Morgan fingerprint density at radius 3 is 1.88 bits per heavy atom. The number of nitrogens with two attached hydrogens (primary N) is 1. The highest BCUT2D eigenvalue weighted by molar-refractivity contribution is 7.79. The van der Waals surface area contributed by atoms with Crippen LogP contribution < -0.4 is 20.8 Å². The monoisotopic (exact) mass is 363 g/mol. The summed E-state index contributed by atoms with van der Waals surface area (Å²) in [5, 5.41) is 3.28. The van der Waals surface area contributed by atoms with Gasteiger partial charge in [0.05, 0.1) is 0 Å². The van der Waals surface area contributed by atoms with E-state index in [2.05, 4.69) is 0 Å². The van der Waals surface area contributed by atoms with E-state index in [1.807, 2.05) is 90.2 Å². The highest BCUT2D eigenvalue weighted by atomic mass is 31.2. The number of carbonyl (C=O) groups is 1. The summed E-state index contributed by atoms with van der Waals surface area (Å²) in [6, 6.07) is 26.4. The summed E-state index contributed by atoms with van der Waals surface area (Å²) in [6.07, 6.45) is 0. The fourth-order valence-electron chi connectivity index (χ4n) is 3.52. The van der Waals surface area contributed by atoms with E-state index >= 15 is 0 Å². The Hall–Kier alpha value is -2.68. The van der Waals surface area contributed by atoms with Gasteiger partial charge in [-0.1, -0.05) is 72.8 Å². The van der Waals surface area contributed by atoms with Crippen LogP contribution in [0, 0.1) is 0 Å². The number of nitrogens with zero attached hydrogens (tertiary/aromatic N) is 1. The van der Waals surface area contributed by atoms with Gasteiger partial charge in [-0.25, -0.2) is 0 Å². The van der Waals surface area contributed by atoms with Crippen molar-refractivity contribution < 1.29 is 14.7 Å². The van der Waals surface area contributed by atoms with Crippen molar-refractivity contribution in [3.05, 3.63) is 84.9 Å². The highest BCUT2D eigenvalue weighted by Crippen LogP contribution is 2.48. The maximum atomic E-state index is 14.5. The third-order valence-corrected chi connectivity index (χ3v) is 8.17. The Labute approximate surface area is 152 Å². The Morgan fingerprint density at radius 2 is 1.31 bits per heavy atom. The first-order valence-corrected chi connectivity index (χ1v) is 10.3. The predicted molar refractivity (Wildman–Crippen MR) is 105 cm³/mol. The molecule has 0 spiro atoms. The van der Waals surface area contributed by atoms with Crippen LogP contribution in [0.25, 0.3) is 0 Å². The van der Waals surface area contributed by atoms with Gasteiger partial charge in [-0.05, 0) is 6.07 Å². The zero-order valence-corrected chi connectivity index (χ0v) is 15.3. The molecule has 1 heterocycles. The second-order valence-corrected chi connectivity index (χ2v) is 9.30. The molecule has 0 saturated carbocycles. The molecular formula is C21H20N2O2P+. The summed E-state index contributed by atoms with van der Waals surface area (Å²) in [6.45, 7) is 0. The van der Waals surface area contributed by atoms with Gasteiger partial charge >= 0.3 is 0 Å². The van der Waals surface area contributed by atoms with Gasteiger partial charge < -0.3 is 9.46 Å². The maximum absolute atomic E-state index is 14.5. The Bertz CT molecular complexity index is 946. The molecule has 2 N–H and O–H groups in total. The summed E-state index contributed by atoms with van der Waals surface area (Å²) in [5.41, 5.74) is 1.79. The fourth-order valence-corrected chi connectivity index (χ4v) is 6.55. The van der Waals surface area contributed by atoms with Gasteiger partial charge in [-0.15, -0.1) is 0 Å². The van der Waals surface area contributed by atoms with Gasteiger partial charge in [-0.3, -0.25) is 10.1 Å². The number of anilines is 1. The summed E-state index contributed by atoms with van der Waals surface area (Å²) in [7, 11) is -1.44. The van der Waals surface area contributed by atoms with Crippen LogP contribution in [0.1, 0.15) is 0 Å². The third-order valence-electron chi connectivity index (χ3n) is 4.89. The first-order chi connectivity index (χ1) is 12.6. The summed E-state index contributed by atoms with van der Waals surface area (Å²) >= 11 is 0. The second-order valence-electron chi connectivity index (χ2n) is 6.40. The van der Waals surface area contributed by atoms with E-state index in [4.69, 9.17) is 0 Å². The molecule has 0 unspecified atom stereocenters. The zero-order chi connectivity index (χ0) is 18.1. The summed E-state index contributed by atoms with van der Waals surface area (Å²) in [5.74, 6) is -0.855. The van der Waals surface area contributed by atoms with Crippen molar-refractivity contribution in [2.24, 2.45) is 0 Å². The third kappa shape index (κ3) is 2.59. The molecule has 0 bridgehead atoms. The summed E-state index contributed by atoms with van der Waals surface area (Å²) in [4.78, 5) is 14.8. The van der Waals surface area contributed by atoms with E-state index in [-0.39, 0.29) is 5.91 Å². The number of para-hydroxylation sites is 2. The van der Waals surface area contributed by atoms with Gasteiger partial charge in [0.1, 0.15) is 5.69 Å². The van der Waals surface area contributed by atoms with Gasteiger partial charge in [0.25, 0.3) is 5.91 Å². The topological polar surface area (TPSA) is 54.0 Å². The minimum atomic E-state index is -3.20. The number of hydrogen-bond acceptors (Lipinski definition) is 2. The van der Waals surface area contributed by atoms with Crippen molar-refractivity contribution in [3.63, 3.8) is 0 Å². The molecule has 0 saturated heterocycles. The standard InChI is InChI=1S/C21H19N2O2P/c1-23-19-15-9-8-14-18(19)22-20(21(23)24)26(25,16-10-4-2-5-11-16)17-12-6-3-7-13-17/h2-15,20,22H,1H3/p+1/t20-/m0/s1. The average molecular weight is 363 g/mol. The van der Waals surface area contributed by atoms with Crippen LogP contribution in [-0.2, 0) is 9.36 Å². The van der Waals surface area contributed by atoms with Crippen LogP contribution in [0.2, 0.25) is 0 Å². The number of amides is 1. The van der Waals surface area contributed by atoms with Crippen LogP contribution in [0.5, 0.6) is 0 Å². The quantitative estimate of drug-likeness (QED) is 0.573. The van der Waals surface area contributed by atoms with Crippen LogP contribution in [0.4, 0.5) is 11.4 Å². The first kappa shape index (κ1) is 16.8. The second kappa shape index (κ2) is 6.56. The van der Waals surface area contributed by atoms with Gasteiger partial charge in [-0.2, -0.15) is 0 Å². The average Bonchev–Trinajstić information content (AvgIpc) is 2.71. The molecule has 4 nitrogen and oxygen atoms in total. The molecule has 0 fully saturated rings. The fraction of sp³-hybridized carbons (Fsp3) is 0.0952. The van der Waals surface area contributed by atoms with E-state index in [1.165, 1.54) is 0 Å². The highest BCUT2D eigenvalue weighted by Gasteiger charge is 2.49. The van der Waals surface area contributed by atoms with Crippen molar-refractivity contribution in [3.8, 4) is 0 Å². The van der Waals surface area contributed by atoms with Crippen LogP contribution in [-0.4, -0.2) is 18.7 Å². The number of rotatable bonds is 3. The minimum Gasteiger partial charge on any atom is -0.307 e. The Kier molecular flexibility index (Phi) is 4.23. The molecule has 1 aliphatic heterocycles. The van der Waals surface area contributed by atoms with Crippen molar-refractivity contribution in [2.45, 2.75) is 5.78 Å². The first-order valence-electron chi connectivity index (χ1n) is 8.55. The number of benzene rings is 3. The molecule has 5 heteroatoms. The van der Waals surface area contributed by atoms with E-state index in [0.717, 1.165) is 11.4 Å². The van der Waals surface area contributed by atoms with E-state index in [1.54, 1.807) is 11.9 Å². The van der Waals surface area contributed by atoms with Crippen molar-refractivity contribution >= 4 is 35.0 Å². The van der Waals surface area contributed by atoms with Crippen molar-refractivity contribution in [1.82, 2.24) is 0 Å². The Balaban J connectivity index is 1.91. The molecule has 0 aromatic heterocycles. The molecule has 4 rings (SSSR count). The number of carbonyl (C=O) groups excluding carboxylic acids is 1. The van der Waals surface area contributed by atoms with Crippen LogP contribution >= 0.6 is 7.14 Å². The van der Waals surface area contributed by atoms with E-state index in [0.29, 0.717) is 10.6 Å². The molecule has 26 heavy (non-hydrogen) atoms. The van der Waals surface area contributed by atoms with Gasteiger partial charge in [0, 0.05) is 23.7 Å². The number of likely N-dealkylation sites (N-methyl/N-ethyl adjacent to an activating group) is 1. The molecule has 1 amide bonds. The molecule has 3 aromatic carbocycles. The SMILES string of the molecule is CN1C(=O)[C@H](P(=O)(c2ccccc2)c2ccccc2)[NH2+]c2ccccc21. The lowest BCUT2D eigenvalue weighted by Crippen LogP contribution is -2.90. The summed E-state index contributed by atoms with van der Waals surface area (Å²) < 4.78 is 14.5. The lowest BCUT2D eigenvalue weighted by atomic mass is 10.2. The van der Waals surface area contributed by atoms with Gasteiger partial charge in [0.15, 0.2) is 5.69 Å². The molecule has 3 aromatic rings. The lowest BCUT2D eigenvalue weighted by Gasteiger charge is -2.33. The van der Waals surface area contributed by atoms with Crippen molar-refractivity contribution in [1.29, 1.82) is 0 Å². The molecular weight excluding hydrogens is 343 g/mol. The molecule has 1 aliphatic rings. The number of quaternary nitrogens is 1. The predicted octanol–water partition coefficient (Wildman–Crippen LogP) is 2.20. The zero-order valence-electron chi connectivity index (χ0n) is 14.4. The smallest absolute Gasteiger partial charge is 0.293 e. The number of fused-ring (bicyclic) bond motifs is 1. The molecule has 0 aliphatic carbocycles. The van der Waals surface area contributed by atoms with Crippen LogP contribution in [0.3, 0.4) is 0 Å². The largest absolute Gasteiger partial charge is 0.307 e. The number of hydrogen-bond donors (Lipinski definition) is 1. The maximum Gasteiger partial charge on any atom is 0.293 e. The molecule has 130 valence electrons. The minimum absolute atomic E-state index is 0.139. The van der Waals surface area contributed by atoms with E-state index in [9.17, 15) is 9.36 Å².